The van der Waals surface area contributed by atoms with E-state index < -0.39 is 0 Å². The Hall–Kier alpha value is -1.97. The summed E-state index contributed by atoms with van der Waals surface area (Å²) < 4.78 is 2.00. The molecule has 1 N–H and O–H groups in total. The molecule has 16 heavy (non-hydrogen) atoms. The van der Waals surface area contributed by atoms with Crippen molar-refractivity contribution in [2.45, 2.75) is 20.4 Å². The molecule has 4 nitrogen and oxygen atoms in total. The van der Waals surface area contributed by atoms with Crippen LogP contribution in [0.25, 0.3) is 0 Å². The molecule has 0 aliphatic carbocycles. The summed E-state index contributed by atoms with van der Waals surface area (Å²) in [5.41, 5.74) is 2.09. The Bertz CT molecular complexity index is 482. The van der Waals surface area contributed by atoms with Gasteiger partial charge < -0.3 is 0 Å². The Labute approximate surface area is 94.7 Å². The number of aromatic nitrogens is 2. The Morgan fingerprint density at radius 3 is 2.62 bits per heavy atom. The average Bonchev–Trinajstić information content (AvgIpc) is 2.76. The summed E-state index contributed by atoms with van der Waals surface area (Å²) in [5.74, 6) is 0.767. The summed E-state index contributed by atoms with van der Waals surface area (Å²) >= 11 is 0. The molecule has 2 aromatic rings. The van der Waals surface area contributed by atoms with Gasteiger partial charge in [-0.3, -0.25) is 0 Å². The average molecular weight is 215 g/mol. The van der Waals surface area contributed by atoms with Crippen molar-refractivity contribution in [2.75, 3.05) is 0 Å². The van der Waals surface area contributed by atoms with Crippen LogP contribution in [0.1, 0.15) is 12.5 Å². The molecule has 0 bridgehead atoms. The number of aryl methyl sites for hydroxylation is 2. The van der Waals surface area contributed by atoms with Crippen LogP contribution in [0.2, 0.25) is 0 Å². The van der Waals surface area contributed by atoms with Crippen molar-refractivity contribution < 1.29 is 4.57 Å². The van der Waals surface area contributed by atoms with Gasteiger partial charge in [0.2, 0.25) is 0 Å². The second kappa shape index (κ2) is 4.70. The second-order valence-corrected chi connectivity index (χ2v) is 3.61. The molecule has 0 saturated carbocycles. The van der Waals surface area contributed by atoms with E-state index in [1.807, 2.05) is 41.2 Å². The van der Waals surface area contributed by atoms with E-state index in [1.54, 1.807) is 0 Å². The van der Waals surface area contributed by atoms with E-state index in [0.717, 1.165) is 18.2 Å². The van der Waals surface area contributed by atoms with E-state index in [4.69, 9.17) is 0 Å². The van der Waals surface area contributed by atoms with E-state index in [9.17, 15) is 0 Å². The lowest BCUT2D eigenvalue weighted by molar-refractivity contribution is -0.679. The zero-order chi connectivity index (χ0) is 11.4. The first-order valence-electron chi connectivity index (χ1n) is 5.35. The molecule has 1 aromatic carbocycles. The molecule has 1 aromatic heterocycles. The summed E-state index contributed by atoms with van der Waals surface area (Å²) in [6, 6.07) is 7.96. The highest BCUT2D eigenvalue weighted by Crippen LogP contribution is 2.14. The maximum Gasteiger partial charge on any atom is 0.419 e. The Morgan fingerprint density at radius 2 is 1.94 bits per heavy atom. The first kappa shape index (κ1) is 10.5. The number of aromatic amines is 1. The number of azo groups is 1. The maximum atomic E-state index is 4.17. The Kier molecular flexibility index (Phi) is 3.10. The molecule has 4 heteroatoms. The highest BCUT2D eigenvalue weighted by atomic mass is 15.3. The summed E-state index contributed by atoms with van der Waals surface area (Å²) in [4.78, 5) is 3.04. The zero-order valence-corrected chi connectivity index (χ0v) is 9.51. The van der Waals surface area contributed by atoms with Crippen molar-refractivity contribution in [2.24, 2.45) is 10.2 Å². The quantitative estimate of drug-likeness (QED) is 0.604. The number of nitrogens with zero attached hydrogens (tertiary/aromatic N) is 3. The van der Waals surface area contributed by atoms with Gasteiger partial charge in [0.15, 0.2) is 0 Å². The topological polar surface area (TPSA) is 44.4 Å². The van der Waals surface area contributed by atoms with Crippen LogP contribution in [-0.4, -0.2) is 4.98 Å². The standard InChI is InChI=1S/C12H14N4/c1-3-16-9-8-13-12(16)15-14-11-6-4-10(2)5-7-11/h4-9H,3H2,1-2H3/p+1. The van der Waals surface area contributed by atoms with Gasteiger partial charge in [-0.1, -0.05) is 22.8 Å². The van der Waals surface area contributed by atoms with Gasteiger partial charge in [0, 0.05) is 5.11 Å². The molecule has 0 aliphatic rings. The van der Waals surface area contributed by atoms with Crippen LogP contribution >= 0.6 is 0 Å². The summed E-state index contributed by atoms with van der Waals surface area (Å²) in [7, 11) is 0. The first-order valence-corrected chi connectivity index (χ1v) is 5.35. The number of rotatable bonds is 3. The SMILES string of the molecule is CC[n+]1cc[nH]c1N=Nc1ccc(C)cc1. The molecule has 0 aliphatic heterocycles. The monoisotopic (exact) mass is 215 g/mol. The van der Waals surface area contributed by atoms with Crippen LogP contribution in [0, 0.1) is 6.92 Å². The van der Waals surface area contributed by atoms with Crippen molar-refractivity contribution in [3.63, 3.8) is 0 Å². The fourth-order valence-electron chi connectivity index (χ4n) is 1.41. The molecule has 0 amide bonds. The normalized spacial score (nSPS) is 11.1. The van der Waals surface area contributed by atoms with E-state index in [1.165, 1.54) is 5.56 Å². The van der Waals surface area contributed by atoms with Crippen LogP contribution < -0.4 is 4.57 Å². The summed E-state index contributed by atoms with van der Waals surface area (Å²) in [6.07, 6.45) is 3.80. The van der Waals surface area contributed by atoms with Gasteiger partial charge in [-0.25, -0.2) is 9.55 Å². The van der Waals surface area contributed by atoms with Gasteiger partial charge in [0.05, 0.1) is 18.9 Å². The number of benzene rings is 1. The fraction of sp³-hybridized carbons (Fsp3) is 0.250. The lowest BCUT2D eigenvalue weighted by Crippen LogP contribution is -2.29. The maximum absolute atomic E-state index is 4.17. The molecular formula is C12H15N4+. The number of nitrogens with one attached hydrogen (secondary N) is 1. The highest BCUT2D eigenvalue weighted by molar-refractivity contribution is 5.38. The Balaban J connectivity index is 2.18. The lowest BCUT2D eigenvalue weighted by atomic mass is 10.2. The third kappa shape index (κ3) is 2.34. The third-order valence-electron chi connectivity index (χ3n) is 2.37. The molecule has 0 fully saturated rings. The molecule has 82 valence electrons. The van der Waals surface area contributed by atoms with Crippen LogP contribution in [0.4, 0.5) is 11.6 Å². The van der Waals surface area contributed by atoms with Gasteiger partial charge in [-0.15, -0.1) is 0 Å². The highest BCUT2D eigenvalue weighted by Gasteiger charge is 2.06. The van der Waals surface area contributed by atoms with Crippen LogP contribution in [0.3, 0.4) is 0 Å². The van der Waals surface area contributed by atoms with Crippen LogP contribution in [-0.2, 0) is 6.54 Å². The second-order valence-electron chi connectivity index (χ2n) is 3.61. The third-order valence-corrected chi connectivity index (χ3v) is 2.37. The summed E-state index contributed by atoms with van der Waals surface area (Å²) in [6.45, 7) is 5.00. The molecule has 1 heterocycles. The first-order chi connectivity index (χ1) is 7.79. The lowest BCUT2D eigenvalue weighted by Gasteiger charge is -1.91. The molecule has 0 unspecified atom stereocenters. The molecule has 0 radical (unpaired) electrons. The largest absolute Gasteiger partial charge is 0.419 e. The fourth-order valence-corrected chi connectivity index (χ4v) is 1.41. The van der Waals surface area contributed by atoms with E-state index in [-0.39, 0.29) is 0 Å². The van der Waals surface area contributed by atoms with Crippen LogP contribution in [0.5, 0.6) is 0 Å². The van der Waals surface area contributed by atoms with Gasteiger partial charge in [0.1, 0.15) is 5.69 Å². The minimum absolute atomic E-state index is 0.767. The smallest absolute Gasteiger partial charge is 0.244 e. The zero-order valence-electron chi connectivity index (χ0n) is 9.51. The van der Waals surface area contributed by atoms with Crippen molar-refractivity contribution in [3.8, 4) is 0 Å². The van der Waals surface area contributed by atoms with Gasteiger partial charge in [-0.05, 0) is 26.0 Å². The number of hydrogen-bond donors (Lipinski definition) is 1. The summed E-state index contributed by atoms with van der Waals surface area (Å²) in [5, 5.41) is 8.34. The minimum atomic E-state index is 0.767. The van der Waals surface area contributed by atoms with Crippen molar-refractivity contribution in [3.05, 3.63) is 42.2 Å². The van der Waals surface area contributed by atoms with Crippen molar-refractivity contribution in [1.82, 2.24) is 4.98 Å². The Morgan fingerprint density at radius 1 is 1.19 bits per heavy atom. The van der Waals surface area contributed by atoms with Crippen molar-refractivity contribution in [1.29, 1.82) is 0 Å². The van der Waals surface area contributed by atoms with Gasteiger partial charge >= 0.3 is 5.95 Å². The van der Waals surface area contributed by atoms with E-state index >= 15 is 0 Å². The molecular weight excluding hydrogens is 200 g/mol. The van der Waals surface area contributed by atoms with Crippen molar-refractivity contribution >= 4 is 11.6 Å². The van der Waals surface area contributed by atoms with Gasteiger partial charge in [-0.2, -0.15) is 0 Å². The minimum Gasteiger partial charge on any atom is -0.244 e. The molecule has 2 rings (SSSR count). The predicted octanol–water partition coefficient (Wildman–Crippen LogP) is 3.05. The van der Waals surface area contributed by atoms with Gasteiger partial charge in [0.25, 0.3) is 0 Å². The number of H-pyrrole nitrogens is 1. The number of hydrogen-bond acceptors (Lipinski definition) is 2. The molecule has 0 atom stereocenters. The molecule has 0 spiro atoms. The predicted molar refractivity (Wildman–Crippen MR) is 62.0 cm³/mol. The van der Waals surface area contributed by atoms with Crippen LogP contribution in [0.15, 0.2) is 46.9 Å². The molecule has 0 saturated heterocycles. The van der Waals surface area contributed by atoms with E-state index in [0.29, 0.717) is 0 Å². The van der Waals surface area contributed by atoms with E-state index in [2.05, 4.69) is 29.1 Å². The number of imidazole rings is 1.